The Kier molecular flexibility index (Phi) is 7.07. The minimum atomic E-state index is -0.228. The van der Waals surface area contributed by atoms with Gasteiger partial charge >= 0.3 is 0 Å². The third-order valence-electron chi connectivity index (χ3n) is 5.85. The van der Waals surface area contributed by atoms with Gasteiger partial charge in [-0.25, -0.2) is 9.97 Å². The van der Waals surface area contributed by atoms with Gasteiger partial charge < -0.3 is 15.1 Å². The molecule has 2 heterocycles. The van der Waals surface area contributed by atoms with E-state index in [4.69, 9.17) is 0 Å². The van der Waals surface area contributed by atoms with Gasteiger partial charge in [0.15, 0.2) is 0 Å². The predicted octanol–water partition coefficient (Wildman–Crippen LogP) is 4.65. The number of amides is 1. The van der Waals surface area contributed by atoms with E-state index in [1.165, 1.54) is 24.9 Å². The maximum atomic E-state index is 12.7. The molecular weight excluding hydrogens is 362 g/mol. The Balaban J connectivity index is 1.69. The van der Waals surface area contributed by atoms with Gasteiger partial charge in [-0.1, -0.05) is 6.92 Å². The second-order valence-electron chi connectivity index (χ2n) is 7.64. The molecule has 1 aromatic heterocycles. The van der Waals surface area contributed by atoms with Crippen LogP contribution in [0.5, 0.6) is 0 Å². The van der Waals surface area contributed by atoms with Crippen molar-refractivity contribution in [2.24, 2.45) is 0 Å². The van der Waals surface area contributed by atoms with E-state index in [1.807, 2.05) is 19.1 Å². The molecule has 1 saturated heterocycles. The maximum Gasteiger partial charge on any atom is 0.275 e. The average molecular weight is 396 g/mol. The zero-order valence-corrected chi connectivity index (χ0v) is 18.1. The van der Waals surface area contributed by atoms with E-state index in [-0.39, 0.29) is 5.91 Å². The fourth-order valence-corrected chi connectivity index (χ4v) is 4.07. The number of aromatic nitrogens is 2. The molecule has 0 spiro atoms. The molecule has 6 heteroatoms. The van der Waals surface area contributed by atoms with Crippen molar-refractivity contribution in [1.82, 2.24) is 9.97 Å². The molecule has 2 aromatic rings. The highest BCUT2D eigenvalue weighted by molar-refractivity contribution is 6.03. The molecule has 1 amide bonds. The van der Waals surface area contributed by atoms with Crippen LogP contribution in [0, 0.1) is 6.92 Å². The molecule has 0 bridgehead atoms. The Bertz CT molecular complexity index is 817. The number of carbonyl (C=O) groups is 1. The van der Waals surface area contributed by atoms with Crippen LogP contribution >= 0.6 is 0 Å². The quantitative estimate of drug-likeness (QED) is 0.739. The molecule has 156 valence electrons. The number of piperidine rings is 1. The monoisotopic (exact) mass is 395 g/mol. The molecule has 1 atom stereocenters. The smallest absolute Gasteiger partial charge is 0.275 e. The van der Waals surface area contributed by atoms with Crippen LogP contribution in [0.4, 0.5) is 17.2 Å². The number of aryl methyl sites for hydroxylation is 1. The van der Waals surface area contributed by atoms with Gasteiger partial charge in [0.25, 0.3) is 5.91 Å². The number of carbonyl (C=O) groups excluding carboxylic acids is 1. The lowest BCUT2D eigenvalue weighted by Crippen LogP contribution is -2.39. The zero-order chi connectivity index (χ0) is 20.8. The van der Waals surface area contributed by atoms with Gasteiger partial charge in [-0.2, -0.15) is 0 Å². The molecule has 6 nitrogen and oxygen atoms in total. The second kappa shape index (κ2) is 9.72. The van der Waals surface area contributed by atoms with Crippen LogP contribution in [0.2, 0.25) is 0 Å². The van der Waals surface area contributed by atoms with E-state index >= 15 is 0 Å². The van der Waals surface area contributed by atoms with Crippen molar-refractivity contribution in [2.45, 2.75) is 59.4 Å². The number of nitrogens with zero attached hydrogens (tertiary/aromatic N) is 4. The summed E-state index contributed by atoms with van der Waals surface area (Å²) in [4.78, 5) is 26.2. The molecule has 0 saturated carbocycles. The van der Waals surface area contributed by atoms with Crippen molar-refractivity contribution in [2.75, 3.05) is 34.8 Å². The first kappa shape index (κ1) is 21.1. The van der Waals surface area contributed by atoms with E-state index in [2.05, 4.69) is 51.9 Å². The van der Waals surface area contributed by atoms with Crippen LogP contribution in [0.3, 0.4) is 0 Å². The Labute approximate surface area is 174 Å². The van der Waals surface area contributed by atoms with Crippen molar-refractivity contribution in [3.05, 3.63) is 41.9 Å². The molecule has 1 aromatic carbocycles. The molecule has 0 aliphatic carbocycles. The standard InChI is InChI=1S/C23H33N5O/c1-5-18-10-8-9-13-28(18)22-16-24-21(15-25-22)23(29)26-20-12-11-19(14-17(20)4)27(6-2)7-3/h11-12,14-16,18H,5-10,13H2,1-4H3,(H,26,29). The molecule has 0 radical (unpaired) electrons. The Hall–Kier alpha value is -2.63. The second-order valence-corrected chi connectivity index (χ2v) is 7.64. The van der Waals surface area contributed by atoms with Gasteiger partial charge in [0.05, 0.1) is 12.4 Å². The summed E-state index contributed by atoms with van der Waals surface area (Å²) in [6, 6.07) is 6.64. The van der Waals surface area contributed by atoms with Crippen LogP contribution in [0.25, 0.3) is 0 Å². The van der Waals surface area contributed by atoms with Crippen molar-refractivity contribution in [3.8, 4) is 0 Å². The molecule has 1 aliphatic heterocycles. The minimum Gasteiger partial charge on any atom is -0.372 e. The van der Waals surface area contributed by atoms with Gasteiger partial charge in [-0.15, -0.1) is 0 Å². The molecular formula is C23H33N5O. The van der Waals surface area contributed by atoms with Crippen LogP contribution in [0.15, 0.2) is 30.6 Å². The first-order valence-corrected chi connectivity index (χ1v) is 10.8. The topological polar surface area (TPSA) is 61.4 Å². The largest absolute Gasteiger partial charge is 0.372 e. The van der Waals surface area contributed by atoms with E-state index < -0.39 is 0 Å². The SMILES string of the molecule is CCC1CCCCN1c1cnc(C(=O)Nc2ccc(N(CC)CC)cc2C)cn1. The summed E-state index contributed by atoms with van der Waals surface area (Å²) >= 11 is 0. The van der Waals surface area contributed by atoms with Crippen molar-refractivity contribution >= 4 is 23.1 Å². The summed E-state index contributed by atoms with van der Waals surface area (Å²) in [5.74, 6) is 0.640. The lowest BCUT2D eigenvalue weighted by Gasteiger charge is -2.35. The van der Waals surface area contributed by atoms with E-state index in [0.29, 0.717) is 11.7 Å². The van der Waals surface area contributed by atoms with Gasteiger partial charge in [0, 0.05) is 37.1 Å². The fraction of sp³-hybridized carbons (Fsp3) is 0.522. The number of nitrogens with one attached hydrogen (secondary N) is 1. The molecule has 1 unspecified atom stereocenters. The highest BCUT2D eigenvalue weighted by Gasteiger charge is 2.22. The van der Waals surface area contributed by atoms with Gasteiger partial charge in [-0.3, -0.25) is 4.79 Å². The summed E-state index contributed by atoms with van der Waals surface area (Å²) in [5, 5.41) is 2.97. The summed E-state index contributed by atoms with van der Waals surface area (Å²) in [5.41, 5.74) is 3.35. The van der Waals surface area contributed by atoms with Crippen molar-refractivity contribution < 1.29 is 4.79 Å². The summed E-state index contributed by atoms with van der Waals surface area (Å²) in [6.45, 7) is 11.4. The first-order valence-electron chi connectivity index (χ1n) is 10.8. The zero-order valence-electron chi connectivity index (χ0n) is 18.1. The Morgan fingerprint density at radius 3 is 2.59 bits per heavy atom. The van der Waals surface area contributed by atoms with Crippen LogP contribution in [-0.4, -0.2) is 41.6 Å². The molecule has 1 fully saturated rings. The van der Waals surface area contributed by atoms with E-state index in [1.54, 1.807) is 12.4 Å². The Morgan fingerprint density at radius 2 is 1.97 bits per heavy atom. The summed E-state index contributed by atoms with van der Waals surface area (Å²) in [6.07, 6.45) is 8.08. The van der Waals surface area contributed by atoms with E-state index in [9.17, 15) is 4.79 Å². The summed E-state index contributed by atoms with van der Waals surface area (Å²) < 4.78 is 0. The third kappa shape index (κ3) is 4.86. The first-order chi connectivity index (χ1) is 14.1. The van der Waals surface area contributed by atoms with Crippen LogP contribution in [0.1, 0.15) is 62.5 Å². The number of anilines is 3. The lowest BCUT2D eigenvalue weighted by atomic mass is 10.0. The molecule has 3 rings (SSSR count). The van der Waals surface area contributed by atoms with Crippen LogP contribution in [-0.2, 0) is 0 Å². The number of benzene rings is 1. The predicted molar refractivity (Wildman–Crippen MR) is 120 cm³/mol. The van der Waals surface area contributed by atoms with E-state index in [0.717, 1.165) is 43.1 Å². The van der Waals surface area contributed by atoms with Crippen molar-refractivity contribution in [1.29, 1.82) is 0 Å². The van der Waals surface area contributed by atoms with Gasteiger partial charge in [0.1, 0.15) is 11.5 Å². The fourth-order valence-electron chi connectivity index (χ4n) is 4.07. The lowest BCUT2D eigenvalue weighted by molar-refractivity contribution is 0.102. The molecule has 1 N–H and O–H groups in total. The van der Waals surface area contributed by atoms with Crippen LogP contribution < -0.4 is 15.1 Å². The third-order valence-corrected chi connectivity index (χ3v) is 5.85. The Morgan fingerprint density at radius 1 is 1.17 bits per heavy atom. The number of hydrogen-bond acceptors (Lipinski definition) is 5. The molecule has 29 heavy (non-hydrogen) atoms. The summed E-state index contributed by atoms with van der Waals surface area (Å²) in [7, 11) is 0. The number of rotatable bonds is 7. The van der Waals surface area contributed by atoms with Gasteiger partial charge in [0.2, 0.25) is 0 Å². The number of hydrogen-bond donors (Lipinski definition) is 1. The van der Waals surface area contributed by atoms with Crippen molar-refractivity contribution in [3.63, 3.8) is 0 Å². The highest BCUT2D eigenvalue weighted by atomic mass is 16.1. The molecule has 1 aliphatic rings. The minimum absolute atomic E-state index is 0.228. The average Bonchev–Trinajstić information content (AvgIpc) is 2.76. The maximum absolute atomic E-state index is 12.7. The van der Waals surface area contributed by atoms with Gasteiger partial charge in [-0.05, 0) is 70.2 Å². The normalized spacial score (nSPS) is 16.6. The highest BCUT2D eigenvalue weighted by Crippen LogP contribution is 2.25.